The quantitative estimate of drug-likeness (QED) is 0.477. The van der Waals surface area contributed by atoms with Crippen LogP contribution in [-0.2, 0) is 6.54 Å². The van der Waals surface area contributed by atoms with Gasteiger partial charge in [-0.25, -0.2) is 0 Å². The summed E-state index contributed by atoms with van der Waals surface area (Å²) in [6.45, 7) is 0.648. The Hall–Kier alpha value is -2.03. The fraction of sp³-hybridized carbons (Fsp3) is 0.0714. The van der Waals surface area contributed by atoms with Gasteiger partial charge in [0, 0.05) is 17.5 Å². The number of nitrogens with zero attached hydrogens (tertiary/aromatic N) is 1. The van der Waals surface area contributed by atoms with Crippen LogP contribution in [0.4, 0.5) is 5.69 Å². The molecule has 0 amide bonds. The lowest BCUT2D eigenvalue weighted by Crippen LogP contribution is -2.05. The predicted octanol–water partition coefficient (Wildman–Crippen LogP) is 1.68. The van der Waals surface area contributed by atoms with Gasteiger partial charge in [-0.15, -0.1) is 0 Å². The average Bonchev–Trinajstić information content (AvgIpc) is 2.35. The van der Waals surface area contributed by atoms with Gasteiger partial charge in [-0.05, 0) is 11.6 Å². The van der Waals surface area contributed by atoms with Crippen molar-refractivity contribution < 1.29 is 0 Å². The van der Waals surface area contributed by atoms with Crippen LogP contribution < -0.4 is 11.2 Å². The second kappa shape index (κ2) is 5.35. The number of hydrogen-bond donors (Lipinski definition) is 1. The van der Waals surface area contributed by atoms with Crippen LogP contribution in [0.3, 0.4) is 0 Å². The van der Waals surface area contributed by atoms with Crippen LogP contribution in [0.25, 0.3) is 0 Å². The van der Waals surface area contributed by atoms with E-state index in [0.29, 0.717) is 17.7 Å². The lowest BCUT2D eigenvalue weighted by Gasteiger charge is -2.01. The van der Waals surface area contributed by atoms with E-state index >= 15 is 0 Å². The Morgan fingerprint density at radius 3 is 2.65 bits per heavy atom. The van der Waals surface area contributed by atoms with E-state index in [1.807, 2.05) is 36.4 Å². The molecule has 3 heteroatoms. The van der Waals surface area contributed by atoms with Crippen LogP contribution >= 0.6 is 0 Å². The number of anilines is 1. The first-order chi connectivity index (χ1) is 8.25. The number of nitrogens with two attached hydrogens (primary N) is 1. The summed E-state index contributed by atoms with van der Waals surface area (Å²) in [5.74, 6) is 0. The molecule has 0 bridgehead atoms. The summed E-state index contributed by atoms with van der Waals surface area (Å²) >= 11 is 0. The molecule has 2 rings (SSSR count). The maximum absolute atomic E-state index is 5.82. The molecule has 0 fully saturated rings. The van der Waals surface area contributed by atoms with Crippen LogP contribution in [0.2, 0.25) is 0 Å². The Labute approximate surface area is 103 Å². The first kappa shape index (κ1) is 11.5. The molecule has 0 unspecified atom stereocenters. The van der Waals surface area contributed by atoms with Crippen molar-refractivity contribution in [2.45, 2.75) is 6.54 Å². The van der Waals surface area contributed by atoms with Gasteiger partial charge in [0.25, 0.3) is 0 Å². The standard InChI is InChI=1S/C14H13BN2/c15-13-6-7-14(16)12(8-13)10-17-9-11-4-2-1-3-5-11/h1-8,10H,9,16H2. The fourth-order valence-corrected chi connectivity index (χ4v) is 1.54. The Bertz CT molecular complexity index is 521. The van der Waals surface area contributed by atoms with Crippen LogP contribution in [0.5, 0.6) is 0 Å². The van der Waals surface area contributed by atoms with Gasteiger partial charge in [0.15, 0.2) is 0 Å². The fourth-order valence-electron chi connectivity index (χ4n) is 1.54. The second-order valence-electron chi connectivity index (χ2n) is 3.84. The largest absolute Gasteiger partial charge is 0.398 e. The molecule has 0 atom stereocenters. The highest BCUT2D eigenvalue weighted by molar-refractivity contribution is 6.32. The van der Waals surface area contributed by atoms with E-state index in [1.165, 1.54) is 5.56 Å². The zero-order valence-electron chi connectivity index (χ0n) is 9.51. The SMILES string of the molecule is [B]c1ccc(N)c(C=NCc2ccccc2)c1. The lowest BCUT2D eigenvalue weighted by molar-refractivity contribution is 1.08. The maximum Gasteiger partial charge on any atom is 0.113 e. The molecule has 0 aliphatic rings. The molecule has 17 heavy (non-hydrogen) atoms. The van der Waals surface area contributed by atoms with Crippen molar-refractivity contribution in [3.63, 3.8) is 0 Å². The average molecular weight is 220 g/mol. The Balaban J connectivity index is 2.08. The Morgan fingerprint density at radius 1 is 1.12 bits per heavy atom. The van der Waals surface area contributed by atoms with Crippen molar-refractivity contribution in [2.75, 3.05) is 5.73 Å². The topological polar surface area (TPSA) is 38.4 Å². The van der Waals surface area contributed by atoms with E-state index < -0.39 is 0 Å². The van der Waals surface area contributed by atoms with Gasteiger partial charge in [-0.3, -0.25) is 4.99 Å². The number of hydrogen-bond acceptors (Lipinski definition) is 2. The first-order valence-electron chi connectivity index (χ1n) is 5.44. The first-order valence-corrected chi connectivity index (χ1v) is 5.44. The molecule has 0 aliphatic heterocycles. The zero-order valence-corrected chi connectivity index (χ0v) is 9.51. The zero-order chi connectivity index (χ0) is 12.1. The summed E-state index contributed by atoms with van der Waals surface area (Å²) < 4.78 is 0. The van der Waals surface area contributed by atoms with Gasteiger partial charge < -0.3 is 5.73 Å². The van der Waals surface area contributed by atoms with Crippen molar-refractivity contribution in [1.82, 2.24) is 0 Å². The summed E-state index contributed by atoms with van der Waals surface area (Å²) in [5, 5.41) is 0. The third-order valence-corrected chi connectivity index (χ3v) is 2.46. The van der Waals surface area contributed by atoms with E-state index in [2.05, 4.69) is 4.99 Å². The van der Waals surface area contributed by atoms with Crippen molar-refractivity contribution in [3.8, 4) is 0 Å². The Morgan fingerprint density at radius 2 is 1.88 bits per heavy atom. The van der Waals surface area contributed by atoms with E-state index in [1.54, 1.807) is 18.3 Å². The van der Waals surface area contributed by atoms with Crippen molar-refractivity contribution in [1.29, 1.82) is 0 Å². The van der Waals surface area contributed by atoms with Gasteiger partial charge in [0.05, 0.1) is 6.54 Å². The second-order valence-corrected chi connectivity index (χ2v) is 3.84. The minimum absolute atomic E-state index is 0.648. The van der Waals surface area contributed by atoms with Crippen molar-refractivity contribution in [3.05, 3.63) is 59.7 Å². The molecule has 0 heterocycles. The molecule has 0 aliphatic carbocycles. The molecule has 0 saturated heterocycles. The molecule has 2 aromatic rings. The normalized spacial score (nSPS) is 10.8. The van der Waals surface area contributed by atoms with Crippen LogP contribution in [-0.4, -0.2) is 14.1 Å². The summed E-state index contributed by atoms with van der Waals surface area (Å²) in [7, 11) is 5.69. The summed E-state index contributed by atoms with van der Waals surface area (Å²) in [5.41, 5.74) is 9.24. The van der Waals surface area contributed by atoms with Crippen LogP contribution in [0, 0.1) is 0 Å². The van der Waals surface area contributed by atoms with E-state index in [4.69, 9.17) is 13.6 Å². The highest BCUT2D eigenvalue weighted by atomic mass is 14.7. The monoisotopic (exact) mass is 220 g/mol. The van der Waals surface area contributed by atoms with Crippen LogP contribution in [0.1, 0.15) is 11.1 Å². The third kappa shape index (κ3) is 3.21. The van der Waals surface area contributed by atoms with Gasteiger partial charge in [-0.2, -0.15) is 0 Å². The van der Waals surface area contributed by atoms with E-state index in [-0.39, 0.29) is 0 Å². The lowest BCUT2D eigenvalue weighted by atomic mass is 9.94. The van der Waals surface area contributed by atoms with Crippen molar-refractivity contribution >= 4 is 25.2 Å². The number of nitrogen functional groups attached to an aromatic ring is 1. The number of rotatable bonds is 3. The molecule has 82 valence electrons. The van der Waals surface area contributed by atoms with Gasteiger partial charge >= 0.3 is 0 Å². The summed E-state index contributed by atoms with van der Waals surface area (Å²) in [6, 6.07) is 15.5. The van der Waals surface area contributed by atoms with E-state index in [9.17, 15) is 0 Å². The number of benzene rings is 2. The third-order valence-electron chi connectivity index (χ3n) is 2.46. The molecule has 2 radical (unpaired) electrons. The molecular weight excluding hydrogens is 207 g/mol. The Kier molecular flexibility index (Phi) is 3.60. The maximum atomic E-state index is 5.82. The van der Waals surface area contributed by atoms with E-state index in [0.717, 1.165) is 5.56 Å². The molecular formula is C14H13BN2. The highest BCUT2D eigenvalue weighted by Gasteiger charge is 1.95. The summed E-state index contributed by atoms with van der Waals surface area (Å²) in [4.78, 5) is 4.35. The molecule has 0 saturated carbocycles. The highest BCUT2D eigenvalue weighted by Crippen LogP contribution is 2.06. The minimum Gasteiger partial charge on any atom is -0.398 e. The molecule has 2 aromatic carbocycles. The van der Waals surface area contributed by atoms with Gasteiger partial charge in [0.2, 0.25) is 0 Å². The smallest absolute Gasteiger partial charge is 0.113 e. The predicted molar refractivity (Wildman–Crippen MR) is 74.0 cm³/mol. The summed E-state index contributed by atoms with van der Waals surface area (Å²) in [6.07, 6.45) is 1.76. The molecule has 2 nitrogen and oxygen atoms in total. The van der Waals surface area contributed by atoms with Crippen LogP contribution in [0.15, 0.2) is 53.5 Å². The van der Waals surface area contributed by atoms with Gasteiger partial charge in [-0.1, -0.05) is 47.9 Å². The minimum atomic E-state index is 0.648. The molecule has 0 aromatic heterocycles. The van der Waals surface area contributed by atoms with Crippen molar-refractivity contribution in [2.24, 2.45) is 4.99 Å². The molecule has 2 N–H and O–H groups in total. The van der Waals surface area contributed by atoms with Gasteiger partial charge in [0.1, 0.15) is 7.85 Å². The molecule has 0 spiro atoms. The number of aliphatic imine (C=N–C) groups is 1.